The highest BCUT2D eigenvalue weighted by molar-refractivity contribution is 8.00. The Labute approximate surface area is 117 Å². The lowest BCUT2D eigenvalue weighted by molar-refractivity contribution is 0.127. The first-order chi connectivity index (χ1) is 9.28. The monoisotopic (exact) mass is 275 g/mol. The molecule has 0 aliphatic carbocycles. The van der Waals surface area contributed by atoms with Crippen LogP contribution in [0.15, 0.2) is 35.4 Å². The molecule has 3 nitrogen and oxygen atoms in total. The zero-order valence-corrected chi connectivity index (χ0v) is 11.7. The van der Waals surface area contributed by atoms with Crippen LogP contribution in [-0.2, 0) is 11.3 Å². The molecular weight excluding hydrogens is 258 g/mol. The van der Waals surface area contributed by atoms with Crippen molar-refractivity contribution in [3.05, 3.63) is 35.9 Å². The van der Waals surface area contributed by atoms with Crippen molar-refractivity contribution in [1.29, 1.82) is 0 Å². The molecule has 0 spiro atoms. The van der Waals surface area contributed by atoms with Gasteiger partial charge in [0.15, 0.2) is 0 Å². The highest BCUT2D eigenvalue weighted by atomic mass is 32.2. The van der Waals surface area contributed by atoms with Gasteiger partial charge in [-0.3, -0.25) is 0 Å². The Morgan fingerprint density at radius 1 is 1.42 bits per heavy atom. The number of aliphatic hydroxyl groups excluding tert-OH is 1. The fraction of sp³-hybridized carbons (Fsp3) is 0.400. The standard InChI is InChI=1S/C15H17NO2S/c1-10-14(6-7-18-10)19-15-12(9-17)8-11-4-2-3-5-13(11)16-15/h2-5,8,10,14,17H,6-7,9H2,1H3. The van der Waals surface area contributed by atoms with E-state index in [9.17, 15) is 5.11 Å². The maximum Gasteiger partial charge on any atom is 0.103 e. The topological polar surface area (TPSA) is 42.4 Å². The number of rotatable bonds is 3. The van der Waals surface area contributed by atoms with E-state index in [1.807, 2.05) is 30.3 Å². The number of benzene rings is 1. The van der Waals surface area contributed by atoms with E-state index in [1.165, 1.54) is 0 Å². The van der Waals surface area contributed by atoms with Gasteiger partial charge in [-0.25, -0.2) is 4.98 Å². The smallest absolute Gasteiger partial charge is 0.103 e. The van der Waals surface area contributed by atoms with E-state index in [0.717, 1.165) is 34.5 Å². The second-order valence-electron chi connectivity index (χ2n) is 4.82. The summed E-state index contributed by atoms with van der Waals surface area (Å²) < 4.78 is 5.59. The van der Waals surface area contributed by atoms with Gasteiger partial charge in [0.25, 0.3) is 0 Å². The summed E-state index contributed by atoms with van der Waals surface area (Å²) in [6.07, 6.45) is 1.30. The van der Waals surface area contributed by atoms with Crippen molar-refractivity contribution in [2.75, 3.05) is 6.61 Å². The quantitative estimate of drug-likeness (QED) is 0.935. The molecule has 0 bridgehead atoms. The molecule has 0 amide bonds. The van der Waals surface area contributed by atoms with Crippen molar-refractivity contribution in [3.8, 4) is 0 Å². The molecule has 0 saturated carbocycles. The summed E-state index contributed by atoms with van der Waals surface area (Å²) in [5.74, 6) is 0. The van der Waals surface area contributed by atoms with Crippen LogP contribution in [-0.4, -0.2) is 28.1 Å². The summed E-state index contributed by atoms with van der Waals surface area (Å²) in [5.41, 5.74) is 1.89. The summed E-state index contributed by atoms with van der Waals surface area (Å²) >= 11 is 1.73. The summed E-state index contributed by atoms with van der Waals surface area (Å²) in [5, 5.41) is 12.0. The number of nitrogens with zero attached hydrogens (tertiary/aromatic N) is 1. The molecule has 1 aliphatic rings. The average Bonchev–Trinajstić information content (AvgIpc) is 2.83. The van der Waals surface area contributed by atoms with Gasteiger partial charge in [-0.15, -0.1) is 0 Å². The van der Waals surface area contributed by atoms with Crippen molar-refractivity contribution in [1.82, 2.24) is 4.98 Å². The van der Waals surface area contributed by atoms with E-state index >= 15 is 0 Å². The first-order valence-electron chi connectivity index (χ1n) is 6.55. The number of aromatic nitrogens is 1. The molecule has 1 saturated heterocycles. The Balaban J connectivity index is 1.96. The minimum absolute atomic E-state index is 0.0299. The van der Waals surface area contributed by atoms with Crippen molar-refractivity contribution >= 4 is 22.7 Å². The molecule has 1 aliphatic heterocycles. The Morgan fingerprint density at radius 3 is 3.00 bits per heavy atom. The molecule has 1 N–H and O–H groups in total. The van der Waals surface area contributed by atoms with Gasteiger partial charge >= 0.3 is 0 Å². The largest absolute Gasteiger partial charge is 0.392 e. The summed E-state index contributed by atoms with van der Waals surface area (Å²) in [4.78, 5) is 4.69. The highest BCUT2D eigenvalue weighted by Crippen LogP contribution is 2.34. The van der Waals surface area contributed by atoms with Crippen LogP contribution in [0, 0.1) is 0 Å². The third kappa shape index (κ3) is 2.61. The van der Waals surface area contributed by atoms with E-state index in [1.54, 1.807) is 11.8 Å². The number of hydrogen-bond donors (Lipinski definition) is 1. The van der Waals surface area contributed by atoms with Gasteiger partial charge in [-0.1, -0.05) is 30.0 Å². The molecule has 19 heavy (non-hydrogen) atoms. The minimum Gasteiger partial charge on any atom is -0.392 e. The fourth-order valence-corrected chi connectivity index (χ4v) is 3.56. The molecule has 2 heterocycles. The number of para-hydroxylation sites is 1. The van der Waals surface area contributed by atoms with Crippen LogP contribution < -0.4 is 0 Å². The van der Waals surface area contributed by atoms with Gasteiger partial charge in [-0.2, -0.15) is 0 Å². The normalized spacial score (nSPS) is 23.1. The average molecular weight is 275 g/mol. The van der Waals surface area contributed by atoms with Crippen molar-refractivity contribution in [2.45, 2.75) is 36.3 Å². The lowest BCUT2D eigenvalue weighted by atomic mass is 10.2. The van der Waals surface area contributed by atoms with E-state index < -0.39 is 0 Å². The Morgan fingerprint density at radius 2 is 2.26 bits per heavy atom. The Kier molecular flexibility index (Phi) is 3.73. The molecule has 2 atom stereocenters. The van der Waals surface area contributed by atoms with Crippen molar-refractivity contribution < 1.29 is 9.84 Å². The predicted molar refractivity (Wildman–Crippen MR) is 77.3 cm³/mol. The predicted octanol–water partition coefficient (Wildman–Crippen LogP) is 3.00. The van der Waals surface area contributed by atoms with E-state index in [4.69, 9.17) is 9.72 Å². The van der Waals surface area contributed by atoms with Gasteiger partial charge in [-0.05, 0) is 25.5 Å². The van der Waals surface area contributed by atoms with Crippen LogP contribution >= 0.6 is 11.8 Å². The molecule has 0 radical (unpaired) electrons. The third-order valence-corrected chi connectivity index (χ3v) is 5.00. The van der Waals surface area contributed by atoms with Crippen LogP contribution in [0.2, 0.25) is 0 Å². The highest BCUT2D eigenvalue weighted by Gasteiger charge is 2.26. The van der Waals surface area contributed by atoms with Gasteiger partial charge in [0, 0.05) is 22.8 Å². The molecule has 100 valence electrons. The van der Waals surface area contributed by atoms with E-state index in [0.29, 0.717) is 5.25 Å². The summed E-state index contributed by atoms with van der Waals surface area (Å²) in [6, 6.07) is 10.0. The Bertz CT molecular complexity index is 587. The minimum atomic E-state index is 0.0299. The second kappa shape index (κ2) is 5.49. The Hall–Kier alpha value is -1.10. The first-order valence-corrected chi connectivity index (χ1v) is 7.43. The van der Waals surface area contributed by atoms with Crippen LogP contribution in [0.3, 0.4) is 0 Å². The molecule has 2 unspecified atom stereocenters. The number of hydrogen-bond acceptors (Lipinski definition) is 4. The number of pyridine rings is 1. The van der Waals surface area contributed by atoms with Crippen LogP contribution in [0.25, 0.3) is 10.9 Å². The SMILES string of the molecule is CC1OCCC1Sc1nc2ccccc2cc1CO. The molecule has 2 aromatic rings. The molecule has 4 heteroatoms. The van der Waals surface area contributed by atoms with E-state index in [-0.39, 0.29) is 12.7 Å². The number of ether oxygens (including phenoxy) is 1. The lowest BCUT2D eigenvalue weighted by Gasteiger charge is -2.15. The van der Waals surface area contributed by atoms with Crippen LogP contribution in [0.1, 0.15) is 18.9 Å². The number of thioether (sulfide) groups is 1. The van der Waals surface area contributed by atoms with Crippen LogP contribution in [0.4, 0.5) is 0 Å². The zero-order chi connectivity index (χ0) is 13.2. The van der Waals surface area contributed by atoms with Crippen LogP contribution in [0.5, 0.6) is 0 Å². The lowest BCUT2D eigenvalue weighted by Crippen LogP contribution is -2.13. The maximum atomic E-state index is 9.53. The van der Waals surface area contributed by atoms with Crippen molar-refractivity contribution in [2.24, 2.45) is 0 Å². The second-order valence-corrected chi connectivity index (χ2v) is 6.05. The number of fused-ring (bicyclic) bond motifs is 1. The zero-order valence-electron chi connectivity index (χ0n) is 10.9. The molecular formula is C15H17NO2S. The maximum absolute atomic E-state index is 9.53. The molecule has 1 aromatic heterocycles. The van der Waals surface area contributed by atoms with Crippen molar-refractivity contribution in [3.63, 3.8) is 0 Å². The molecule has 1 fully saturated rings. The summed E-state index contributed by atoms with van der Waals surface area (Å²) in [6.45, 7) is 2.95. The van der Waals surface area contributed by atoms with Gasteiger partial charge < -0.3 is 9.84 Å². The summed E-state index contributed by atoms with van der Waals surface area (Å²) in [7, 11) is 0. The number of aliphatic hydroxyl groups is 1. The van der Waals surface area contributed by atoms with E-state index in [2.05, 4.69) is 6.92 Å². The fourth-order valence-electron chi connectivity index (χ4n) is 2.37. The molecule has 1 aromatic carbocycles. The first kappa shape index (κ1) is 12.9. The van der Waals surface area contributed by atoms with Gasteiger partial charge in [0.05, 0.1) is 18.2 Å². The van der Waals surface area contributed by atoms with Gasteiger partial charge in [0.1, 0.15) is 5.03 Å². The third-order valence-electron chi connectivity index (χ3n) is 3.50. The van der Waals surface area contributed by atoms with Gasteiger partial charge in [0.2, 0.25) is 0 Å². The molecule has 3 rings (SSSR count).